The first-order chi connectivity index (χ1) is 9.69. The third kappa shape index (κ3) is 4.27. The normalized spacial score (nSPS) is 17.7. The molecule has 0 aliphatic carbocycles. The van der Waals surface area contributed by atoms with Crippen LogP contribution in [-0.2, 0) is 14.3 Å². The molecule has 0 spiro atoms. The van der Waals surface area contributed by atoms with Gasteiger partial charge in [-0.15, -0.1) is 0 Å². The number of pyridine rings is 1. The number of rotatable bonds is 5. The van der Waals surface area contributed by atoms with E-state index < -0.39 is 0 Å². The Hall–Kier alpha value is -1.49. The number of nitriles is 1. The van der Waals surface area contributed by atoms with Crippen molar-refractivity contribution in [2.45, 2.75) is 18.9 Å². The van der Waals surface area contributed by atoms with Crippen molar-refractivity contribution in [1.82, 2.24) is 4.98 Å². The van der Waals surface area contributed by atoms with E-state index in [1.54, 1.807) is 12.1 Å². The van der Waals surface area contributed by atoms with Crippen molar-refractivity contribution in [3.8, 4) is 6.07 Å². The number of carbonyl (C=O) groups is 1. The van der Waals surface area contributed by atoms with Gasteiger partial charge in [-0.05, 0) is 40.9 Å². The number of carbonyl (C=O) groups excluding carboxylic acids is 1. The molecule has 7 heteroatoms. The van der Waals surface area contributed by atoms with Crippen LogP contribution in [0.4, 0.5) is 5.82 Å². The maximum Gasteiger partial charge on any atom is 0.251 e. The molecule has 1 N–H and O–H groups in total. The standard InChI is InChI=1S/C13H14BrN3O3/c14-10-3-4-12(16-11(10)6-15)17-13(18)8-19-7-9-2-1-5-20-9/h3-4,9H,1-2,5,7-8H2,(H,16,17,18)/t9-/m1/s1. The molecule has 1 fully saturated rings. The van der Waals surface area contributed by atoms with Gasteiger partial charge in [0.25, 0.3) is 5.91 Å². The first-order valence-corrected chi connectivity index (χ1v) is 7.04. The highest BCUT2D eigenvalue weighted by Gasteiger charge is 2.16. The zero-order chi connectivity index (χ0) is 14.4. The first-order valence-electron chi connectivity index (χ1n) is 6.25. The molecule has 1 atom stereocenters. The zero-order valence-electron chi connectivity index (χ0n) is 10.8. The van der Waals surface area contributed by atoms with E-state index in [4.69, 9.17) is 14.7 Å². The number of hydrogen-bond donors (Lipinski definition) is 1. The highest BCUT2D eigenvalue weighted by atomic mass is 79.9. The van der Waals surface area contributed by atoms with Crippen molar-refractivity contribution >= 4 is 27.7 Å². The molecule has 1 aliphatic heterocycles. The highest BCUT2D eigenvalue weighted by Crippen LogP contribution is 2.16. The van der Waals surface area contributed by atoms with Crippen LogP contribution in [-0.4, -0.2) is 36.8 Å². The summed E-state index contributed by atoms with van der Waals surface area (Å²) in [6.07, 6.45) is 2.11. The number of nitrogens with zero attached hydrogens (tertiary/aromatic N) is 2. The van der Waals surface area contributed by atoms with Gasteiger partial charge in [0, 0.05) is 6.61 Å². The van der Waals surface area contributed by atoms with Crippen LogP contribution >= 0.6 is 15.9 Å². The second-order valence-electron chi connectivity index (χ2n) is 4.34. The largest absolute Gasteiger partial charge is 0.376 e. The van der Waals surface area contributed by atoms with Crippen LogP contribution in [0.3, 0.4) is 0 Å². The van der Waals surface area contributed by atoms with Crippen molar-refractivity contribution in [1.29, 1.82) is 5.26 Å². The van der Waals surface area contributed by atoms with Crippen LogP contribution in [0.5, 0.6) is 0 Å². The van der Waals surface area contributed by atoms with Crippen LogP contribution in [0.1, 0.15) is 18.5 Å². The Morgan fingerprint density at radius 1 is 1.65 bits per heavy atom. The van der Waals surface area contributed by atoms with Gasteiger partial charge in [0.1, 0.15) is 18.5 Å². The monoisotopic (exact) mass is 339 g/mol. The van der Waals surface area contributed by atoms with Crippen molar-refractivity contribution in [3.63, 3.8) is 0 Å². The number of aromatic nitrogens is 1. The number of hydrogen-bond acceptors (Lipinski definition) is 5. The fraction of sp³-hybridized carbons (Fsp3) is 0.462. The minimum absolute atomic E-state index is 0.0561. The second kappa shape index (κ2) is 7.33. The van der Waals surface area contributed by atoms with Crippen molar-refractivity contribution in [2.75, 3.05) is 25.1 Å². The summed E-state index contributed by atoms with van der Waals surface area (Å²) < 4.78 is 11.3. The molecule has 20 heavy (non-hydrogen) atoms. The molecule has 1 aromatic heterocycles. The molecular weight excluding hydrogens is 326 g/mol. The van der Waals surface area contributed by atoms with Gasteiger partial charge >= 0.3 is 0 Å². The fourth-order valence-electron chi connectivity index (χ4n) is 1.83. The maximum absolute atomic E-state index is 11.7. The van der Waals surface area contributed by atoms with Crippen molar-refractivity contribution in [3.05, 3.63) is 22.3 Å². The maximum atomic E-state index is 11.7. The summed E-state index contributed by atoms with van der Waals surface area (Å²) in [5.41, 5.74) is 0.225. The summed E-state index contributed by atoms with van der Waals surface area (Å²) in [5, 5.41) is 11.4. The van der Waals surface area contributed by atoms with Crippen LogP contribution in [0.25, 0.3) is 0 Å². The first kappa shape index (κ1) is 14.9. The molecule has 106 valence electrons. The van der Waals surface area contributed by atoms with E-state index in [2.05, 4.69) is 26.2 Å². The molecule has 0 radical (unpaired) electrons. The Morgan fingerprint density at radius 3 is 3.20 bits per heavy atom. The Morgan fingerprint density at radius 2 is 2.50 bits per heavy atom. The number of halogens is 1. The average Bonchev–Trinajstić information content (AvgIpc) is 2.94. The zero-order valence-corrected chi connectivity index (χ0v) is 12.4. The molecule has 1 aromatic rings. The molecule has 0 bridgehead atoms. The second-order valence-corrected chi connectivity index (χ2v) is 5.19. The molecule has 1 saturated heterocycles. The predicted octanol–water partition coefficient (Wildman–Crippen LogP) is 1.85. The van der Waals surface area contributed by atoms with Gasteiger partial charge in [0.15, 0.2) is 5.69 Å². The Balaban J connectivity index is 1.77. The van der Waals surface area contributed by atoms with Crippen molar-refractivity contribution in [2.24, 2.45) is 0 Å². The van der Waals surface area contributed by atoms with Crippen LogP contribution in [0, 0.1) is 11.3 Å². The molecular formula is C13H14BrN3O3. The van der Waals surface area contributed by atoms with E-state index in [0.717, 1.165) is 19.4 Å². The van der Waals surface area contributed by atoms with E-state index in [1.165, 1.54) is 0 Å². The minimum Gasteiger partial charge on any atom is -0.376 e. The molecule has 6 nitrogen and oxygen atoms in total. The average molecular weight is 340 g/mol. The summed E-state index contributed by atoms with van der Waals surface area (Å²) >= 11 is 3.20. The van der Waals surface area contributed by atoms with Gasteiger partial charge in [-0.2, -0.15) is 5.26 Å². The Labute approximate surface area is 125 Å². The van der Waals surface area contributed by atoms with E-state index in [1.807, 2.05) is 6.07 Å². The van der Waals surface area contributed by atoms with Gasteiger partial charge in [-0.3, -0.25) is 4.79 Å². The Kier molecular flexibility index (Phi) is 5.47. The van der Waals surface area contributed by atoms with Crippen LogP contribution in [0.15, 0.2) is 16.6 Å². The van der Waals surface area contributed by atoms with E-state index in [0.29, 0.717) is 16.9 Å². The number of anilines is 1. The highest BCUT2D eigenvalue weighted by molar-refractivity contribution is 9.10. The lowest BCUT2D eigenvalue weighted by Gasteiger charge is -2.10. The molecule has 2 rings (SSSR count). The lowest BCUT2D eigenvalue weighted by atomic mass is 10.2. The summed E-state index contributed by atoms with van der Waals surface area (Å²) in [4.78, 5) is 15.7. The summed E-state index contributed by atoms with van der Waals surface area (Å²) in [6, 6.07) is 5.21. The topological polar surface area (TPSA) is 84.2 Å². The fourth-order valence-corrected chi connectivity index (χ4v) is 2.14. The quantitative estimate of drug-likeness (QED) is 0.884. The van der Waals surface area contributed by atoms with E-state index in [9.17, 15) is 4.79 Å². The smallest absolute Gasteiger partial charge is 0.251 e. The van der Waals surface area contributed by atoms with E-state index >= 15 is 0 Å². The Bertz CT molecular complexity index is 524. The van der Waals surface area contributed by atoms with Crippen molar-refractivity contribution < 1.29 is 14.3 Å². The molecule has 1 aliphatic rings. The third-order valence-corrected chi connectivity index (χ3v) is 3.42. The summed E-state index contributed by atoms with van der Waals surface area (Å²) in [5.74, 6) is 0.0252. The molecule has 2 heterocycles. The predicted molar refractivity (Wildman–Crippen MR) is 75.1 cm³/mol. The van der Waals surface area contributed by atoms with Gasteiger partial charge in [-0.25, -0.2) is 4.98 Å². The van der Waals surface area contributed by atoms with Gasteiger partial charge < -0.3 is 14.8 Å². The number of ether oxygens (including phenoxy) is 2. The molecule has 0 aromatic carbocycles. The van der Waals surface area contributed by atoms with E-state index in [-0.39, 0.29) is 24.3 Å². The van der Waals surface area contributed by atoms with Crippen LogP contribution < -0.4 is 5.32 Å². The molecule has 1 amide bonds. The molecule has 0 saturated carbocycles. The minimum atomic E-state index is -0.304. The number of nitrogens with one attached hydrogen (secondary N) is 1. The lowest BCUT2D eigenvalue weighted by Crippen LogP contribution is -2.23. The summed E-state index contributed by atoms with van der Waals surface area (Å²) in [6.45, 7) is 1.13. The van der Waals surface area contributed by atoms with Crippen LogP contribution in [0.2, 0.25) is 0 Å². The van der Waals surface area contributed by atoms with Gasteiger partial charge in [0.05, 0.1) is 17.2 Å². The molecule has 0 unspecified atom stereocenters. The third-order valence-electron chi connectivity index (χ3n) is 2.78. The SMILES string of the molecule is N#Cc1nc(NC(=O)COC[C@H]2CCCO2)ccc1Br. The van der Waals surface area contributed by atoms with Gasteiger partial charge in [0.2, 0.25) is 0 Å². The lowest BCUT2D eigenvalue weighted by molar-refractivity contribution is -0.121. The number of amides is 1. The van der Waals surface area contributed by atoms with Gasteiger partial charge in [-0.1, -0.05) is 0 Å². The summed E-state index contributed by atoms with van der Waals surface area (Å²) in [7, 11) is 0.